The number of benzene rings is 2. The van der Waals surface area contributed by atoms with Crippen LogP contribution >= 0.6 is 22.9 Å². The first-order valence-corrected chi connectivity index (χ1v) is 12.1. The highest BCUT2D eigenvalue weighted by molar-refractivity contribution is 7.12. The Balaban J connectivity index is 1.35. The molecule has 1 saturated heterocycles. The SMILES string of the molecule is Cc1cc(NC(=O)C2CC(=O)N(c3ccccc3C)C2)n(-c2nc(-c3ccc(Cl)cc3)cs2)n1. The number of thiazole rings is 1. The number of aryl methyl sites for hydroxylation is 2. The van der Waals surface area contributed by atoms with E-state index in [9.17, 15) is 9.59 Å². The van der Waals surface area contributed by atoms with Crippen LogP contribution in [-0.2, 0) is 9.59 Å². The quantitative estimate of drug-likeness (QED) is 0.413. The normalized spacial score (nSPS) is 15.7. The summed E-state index contributed by atoms with van der Waals surface area (Å²) < 4.78 is 1.63. The van der Waals surface area contributed by atoms with E-state index in [0.717, 1.165) is 28.2 Å². The summed E-state index contributed by atoms with van der Waals surface area (Å²) in [5.74, 6) is -0.176. The molecule has 4 aromatic rings. The molecular formula is C25H22ClN5O2S. The number of halogens is 1. The first kappa shape index (κ1) is 22.3. The van der Waals surface area contributed by atoms with Crippen LogP contribution in [0.1, 0.15) is 17.7 Å². The van der Waals surface area contributed by atoms with Crippen molar-refractivity contribution >= 4 is 46.3 Å². The third kappa shape index (κ3) is 4.34. The van der Waals surface area contributed by atoms with Crippen LogP contribution in [0.2, 0.25) is 5.02 Å². The molecule has 1 aliphatic rings. The highest BCUT2D eigenvalue weighted by Crippen LogP contribution is 2.30. The summed E-state index contributed by atoms with van der Waals surface area (Å²) in [6.45, 7) is 4.17. The number of carbonyl (C=O) groups is 2. The Morgan fingerprint density at radius 2 is 1.91 bits per heavy atom. The smallest absolute Gasteiger partial charge is 0.230 e. The van der Waals surface area contributed by atoms with Crippen molar-refractivity contribution in [1.29, 1.82) is 0 Å². The molecule has 5 rings (SSSR count). The van der Waals surface area contributed by atoms with E-state index < -0.39 is 5.92 Å². The van der Waals surface area contributed by atoms with Gasteiger partial charge < -0.3 is 10.2 Å². The van der Waals surface area contributed by atoms with Gasteiger partial charge in [-0.15, -0.1) is 11.3 Å². The van der Waals surface area contributed by atoms with Crippen molar-refractivity contribution in [1.82, 2.24) is 14.8 Å². The van der Waals surface area contributed by atoms with E-state index in [4.69, 9.17) is 16.6 Å². The van der Waals surface area contributed by atoms with Crippen molar-refractivity contribution in [2.24, 2.45) is 5.92 Å². The third-order valence-corrected chi connectivity index (χ3v) is 6.87. The second kappa shape index (κ2) is 9.04. The van der Waals surface area contributed by atoms with E-state index in [0.29, 0.717) is 22.5 Å². The Morgan fingerprint density at radius 1 is 1.15 bits per heavy atom. The minimum Gasteiger partial charge on any atom is -0.311 e. The molecule has 2 amide bonds. The molecule has 2 aromatic heterocycles. The first-order chi connectivity index (χ1) is 16.4. The average Bonchev–Trinajstić information content (AvgIpc) is 3.53. The summed E-state index contributed by atoms with van der Waals surface area (Å²) in [6.07, 6.45) is 0.172. The molecule has 172 valence electrons. The summed E-state index contributed by atoms with van der Waals surface area (Å²) in [6, 6.07) is 17.0. The van der Waals surface area contributed by atoms with E-state index in [-0.39, 0.29) is 18.2 Å². The van der Waals surface area contributed by atoms with Gasteiger partial charge in [0.05, 0.1) is 17.3 Å². The van der Waals surface area contributed by atoms with E-state index in [1.165, 1.54) is 11.3 Å². The molecule has 3 heterocycles. The standard InChI is InChI=1S/C25H22ClN5O2S/c1-15-5-3-4-6-21(15)30-13-18(12-23(30)32)24(33)28-22-11-16(2)29-31(22)25-27-20(14-34-25)17-7-9-19(26)10-8-17/h3-11,14,18H,12-13H2,1-2H3,(H,28,33). The predicted octanol–water partition coefficient (Wildman–Crippen LogP) is 5.26. The lowest BCUT2D eigenvalue weighted by Crippen LogP contribution is -2.29. The molecular weight excluding hydrogens is 470 g/mol. The third-order valence-electron chi connectivity index (χ3n) is 5.80. The maximum atomic E-state index is 13.1. The predicted molar refractivity (Wildman–Crippen MR) is 135 cm³/mol. The molecule has 1 atom stereocenters. The fourth-order valence-corrected chi connectivity index (χ4v) is 4.98. The molecule has 1 aliphatic heterocycles. The molecule has 1 unspecified atom stereocenters. The van der Waals surface area contributed by atoms with Crippen molar-refractivity contribution in [3.8, 4) is 16.4 Å². The highest BCUT2D eigenvalue weighted by atomic mass is 35.5. The Labute approximate surface area is 206 Å². The van der Waals surface area contributed by atoms with Crippen molar-refractivity contribution < 1.29 is 9.59 Å². The van der Waals surface area contributed by atoms with Gasteiger partial charge in [0.2, 0.25) is 16.9 Å². The number of hydrogen-bond donors (Lipinski definition) is 1. The van der Waals surface area contributed by atoms with Crippen LogP contribution in [0.25, 0.3) is 16.4 Å². The highest BCUT2D eigenvalue weighted by Gasteiger charge is 2.36. The first-order valence-electron chi connectivity index (χ1n) is 10.8. The molecule has 0 spiro atoms. The van der Waals surface area contributed by atoms with Crippen molar-refractivity contribution in [3.05, 3.63) is 76.3 Å². The van der Waals surface area contributed by atoms with Gasteiger partial charge in [0.25, 0.3) is 0 Å². The van der Waals surface area contributed by atoms with Gasteiger partial charge in [0.15, 0.2) is 0 Å². The van der Waals surface area contributed by atoms with Crippen LogP contribution in [0.4, 0.5) is 11.5 Å². The zero-order chi connectivity index (χ0) is 23.8. The summed E-state index contributed by atoms with van der Waals surface area (Å²) >= 11 is 7.42. The number of rotatable bonds is 5. The number of nitrogens with one attached hydrogen (secondary N) is 1. The Hall–Kier alpha value is -3.49. The summed E-state index contributed by atoms with van der Waals surface area (Å²) in [5, 5.41) is 10.7. The molecule has 0 saturated carbocycles. The molecule has 1 fully saturated rings. The average molecular weight is 492 g/mol. The molecule has 9 heteroatoms. The van der Waals surface area contributed by atoms with E-state index in [2.05, 4.69) is 10.4 Å². The van der Waals surface area contributed by atoms with Crippen molar-refractivity contribution in [2.75, 3.05) is 16.8 Å². The molecule has 0 bridgehead atoms. The number of aromatic nitrogens is 3. The topological polar surface area (TPSA) is 80.1 Å². The molecule has 2 aromatic carbocycles. The van der Waals surface area contributed by atoms with E-state index >= 15 is 0 Å². The maximum Gasteiger partial charge on any atom is 0.230 e. The Morgan fingerprint density at radius 3 is 2.68 bits per heavy atom. The Bertz CT molecular complexity index is 1380. The molecule has 0 radical (unpaired) electrons. The number of para-hydroxylation sites is 1. The number of hydrogen-bond acceptors (Lipinski definition) is 5. The fourth-order valence-electron chi connectivity index (χ4n) is 4.06. The van der Waals surface area contributed by atoms with Crippen LogP contribution in [0, 0.1) is 19.8 Å². The van der Waals surface area contributed by atoms with Gasteiger partial charge in [0, 0.05) is 40.7 Å². The van der Waals surface area contributed by atoms with Gasteiger partial charge >= 0.3 is 0 Å². The van der Waals surface area contributed by atoms with Crippen LogP contribution in [0.5, 0.6) is 0 Å². The lowest BCUT2D eigenvalue weighted by Gasteiger charge is -2.19. The van der Waals surface area contributed by atoms with E-state index in [1.807, 2.05) is 67.8 Å². The van der Waals surface area contributed by atoms with Gasteiger partial charge in [-0.25, -0.2) is 4.98 Å². The Kier molecular flexibility index (Phi) is 5.93. The number of carbonyl (C=O) groups excluding carboxylic acids is 2. The van der Waals surface area contributed by atoms with Gasteiger partial charge in [-0.3, -0.25) is 9.59 Å². The van der Waals surface area contributed by atoms with Crippen molar-refractivity contribution in [2.45, 2.75) is 20.3 Å². The largest absolute Gasteiger partial charge is 0.311 e. The van der Waals surface area contributed by atoms with Crippen LogP contribution < -0.4 is 10.2 Å². The number of amides is 2. The van der Waals surface area contributed by atoms with Gasteiger partial charge in [-0.05, 0) is 37.6 Å². The van der Waals surface area contributed by atoms with Crippen LogP contribution in [0.3, 0.4) is 0 Å². The maximum absolute atomic E-state index is 13.1. The lowest BCUT2D eigenvalue weighted by atomic mass is 10.1. The summed E-state index contributed by atoms with van der Waals surface area (Å²) in [7, 11) is 0. The minimum absolute atomic E-state index is 0.0494. The minimum atomic E-state index is -0.448. The molecule has 7 nitrogen and oxygen atoms in total. The number of anilines is 2. The van der Waals surface area contributed by atoms with Crippen LogP contribution in [-0.4, -0.2) is 33.1 Å². The zero-order valence-corrected chi connectivity index (χ0v) is 20.2. The fraction of sp³-hybridized carbons (Fsp3) is 0.200. The zero-order valence-electron chi connectivity index (χ0n) is 18.7. The second-order valence-corrected chi connectivity index (χ2v) is 9.56. The summed E-state index contributed by atoms with van der Waals surface area (Å²) in [4.78, 5) is 32.2. The second-order valence-electron chi connectivity index (χ2n) is 8.29. The summed E-state index contributed by atoms with van der Waals surface area (Å²) in [5.41, 5.74) is 4.36. The van der Waals surface area contributed by atoms with Gasteiger partial charge in [0.1, 0.15) is 5.82 Å². The molecule has 0 aliphatic carbocycles. The van der Waals surface area contributed by atoms with Crippen LogP contribution in [0.15, 0.2) is 60.0 Å². The molecule has 1 N–H and O–H groups in total. The lowest BCUT2D eigenvalue weighted by molar-refractivity contribution is -0.122. The molecule has 34 heavy (non-hydrogen) atoms. The van der Waals surface area contributed by atoms with E-state index in [1.54, 1.807) is 15.6 Å². The van der Waals surface area contributed by atoms with Crippen molar-refractivity contribution in [3.63, 3.8) is 0 Å². The number of nitrogens with zero attached hydrogens (tertiary/aromatic N) is 4. The van der Waals surface area contributed by atoms with Gasteiger partial charge in [-0.2, -0.15) is 9.78 Å². The monoisotopic (exact) mass is 491 g/mol. The van der Waals surface area contributed by atoms with Gasteiger partial charge in [-0.1, -0.05) is 41.9 Å².